The van der Waals surface area contributed by atoms with Crippen molar-refractivity contribution in [1.82, 2.24) is 5.32 Å². The first kappa shape index (κ1) is 60.6. The van der Waals surface area contributed by atoms with Gasteiger partial charge in [0.05, 0.1) is 25.2 Å². The minimum Gasteiger partial charge on any atom is -0.462 e. The van der Waals surface area contributed by atoms with E-state index < -0.39 is 18.2 Å². The van der Waals surface area contributed by atoms with Crippen LogP contribution in [0.4, 0.5) is 0 Å². The summed E-state index contributed by atoms with van der Waals surface area (Å²) in [4.78, 5) is 26.2. The number of esters is 1. The number of ether oxygens (including phenoxy) is 1. The van der Waals surface area contributed by atoms with Crippen molar-refractivity contribution in [3.05, 3.63) is 60.8 Å². The van der Waals surface area contributed by atoms with E-state index in [4.69, 9.17) is 4.74 Å². The normalized spacial score (nSPS) is 13.7. The first-order valence-electron chi connectivity index (χ1n) is 27.1. The van der Waals surface area contributed by atoms with E-state index in [-0.39, 0.29) is 24.9 Å². The molecule has 0 rings (SSSR count). The molecule has 0 saturated heterocycles. The van der Waals surface area contributed by atoms with E-state index in [0.717, 1.165) is 70.6 Å². The van der Waals surface area contributed by atoms with Gasteiger partial charge in [0.15, 0.2) is 0 Å². The summed E-state index contributed by atoms with van der Waals surface area (Å²) in [5.74, 6) is -0.512. The van der Waals surface area contributed by atoms with Gasteiger partial charge in [0.25, 0.3) is 0 Å². The Balaban J connectivity index is 4.60. The van der Waals surface area contributed by atoms with Crippen molar-refractivity contribution in [3.63, 3.8) is 0 Å². The highest BCUT2D eigenvalue weighted by Gasteiger charge is 2.24. The summed E-state index contributed by atoms with van der Waals surface area (Å²) in [6.45, 7) is 6.42. The number of aliphatic hydroxyl groups excluding tert-OH is 2. The van der Waals surface area contributed by atoms with Crippen molar-refractivity contribution >= 4 is 11.9 Å². The average Bonchev–Trinajstić information content (AvgIpc) is 3.28. The number of carbonyl (C=O) groups excluding carboxylic acids is 2. The number of allylic oxidation sites excluding steroid dienone is 10. The van der Waals surface area contributed by atoms with Crippen molar-refractivity contribution in [2.24, 2.45) is 0 Å². The van der Waals surface area contributed by atoms with Gasteiger partial charge in [0.2, 0.25) is 5.91 Å². The molecule has 3 N–H and O–H groups in total. The predicted molar refractivity (Wildman–Crippen MR) is 273 cm³/mol. The third kappa shape index (κ3) is 45.9. The van der Waals surface area contributed by atoms with E-state index in [0.29, 0.717) is 19.3 Å². The van der Waals surface area contributed by atoms with Crippen LogP contribution in [0.5, 0.6) is 0 Å². The minimum atomic E-state index is -0.799. The SMILES string of the molecule is CCCCC/C=C/C=C/C=C/C=C/CCCCCC(CC(=O)NC(CO)C(O)CCCCCCCCCCC)OC(=O)CCCCCCCCCCC/C=C/CCCCCCCC. The molecular formula is C57H103NO5. The van der Waals surface area contributed by atoms with Crippen LogP contribution >= 0.6 is 0 Å². The van der Waals surface area contributed by atoms with Gasteiger partial charge < -0.3 is 20.3 Å². The molecule has 0 aromatic rings. The fraction of sp³-hybridized carbons (Fsp3) is 0.789. The summed E-state index contributed by atoms with van der Waals surface area (Å²) in [5, 5.41) is 23.7. The quantitative estimate of drug-likeness (QED) is 0.0245. The molecule has 6 heteroatoms. The number of aliphatic hydroxyl groups is 2. The number of rotatable bonds is 48. The van der Waals surface area contributed by atoms with E-state index in [1.807, 2.05) is 6.08 Å². The summed E-state index contributed by atoms with van der Waals surface area (Å²) in [6.07, 6.45) is 62.9. The molecule has 0 heterocycles. The summed E-state index contributed by atoms with van der Waals surface area (Å²) >= 11 is 0. The molecule has 0 aromatic heterocycles. The Hall–Kier alpha value is -2.44. The molecule has 0 aliphatic heterocycles. The first-order valence-corrected chi connectivity index (χ1v) is 27.1. The van der Waals surface area contributed by atoms with Gasteiger partial charge >= 0.3 is 5.97 Å². The number of hydrogen-bond donors (Lipinski definition) is 3. The van der Waals surface area contributed by atoms with Crippen LogP contribution in [0.1, 0.15) is 265 Å². The number of hydrogen-bond acceptors (Lipinski definition) is 5. The van der Waals surface area contributed by atoms with Gasteiger partial charge in [-0.1, -0.05) is 236 Å². The van der Waals surface area contributed by atoms with Crippen LogP contribution in [0.25, 0.3) is 0 Å². The molecule has 0 aliphatic carbocycles. The Kier molecular flexibility index (Phi) is 48.6. The van der Waals surface area contributed by atoms with Gasteiger partial charge in [-0.2, -0.15) is 0 Å². The zero-order valence-electron chi connectivity index (χ0n) is 41.7. The van der Waals surface area contributed by atoms with E-state index in [2.05, 4.69) is 80.8 Å². The summed E-state index contributed by atoms with van der Waals surface area (Å²) in [6, 6.07) is -0.715. The van der Waals surface area contributed by atoms with Gasteiger partial charge in [-0.05, 0) is 77.0 Å². The molecule has 0 aliphatic rings. The maximum absolute atomic E-state index is 13.2. The van der Waals surface area contributed by atoms with Crippen molar-refractivity contribution in [2.75, 3.05) is 6.61 Å². The van der Waals surface area contributed by atoms with Gasteiger partial charge in [-0.3, -0.25) is 9.59 Å². The van der Waals surface area contributed by atoms with Gasteiger partial charge in [0, 0.05) is 6.42 Å². The molecule has 366 valence electrons. The predicted octanol–water partition coefficient (Wildman–Crippen LogP) is 16.4. The van der Waals surface area contributed by atoms with E-state index in [1.165, 1.54) is 148 Å². The standard InChI is InChI=1S/C57H103NO5/c1-4-7-10-13-16-19-21-23-25-27-28-29-31-33-35-38-41-44-47-50-57(62)63-53(48-45-42-39-37-34-32-30-26-24-22-20-17-14-11-8-5-2)51-56(61)58-54(52-59)55(60)49-46-43-40-36-18-15-12-9-6-3/h17,20,22-26,30,32,34,53-55,59-60H,4-16,18-19,21,27-29,31,33,35-52H2,1-3H3,(H,58,61)/b20-17+,24-22+,25-23+,30-26+,34-32+. The Morgan fingerprint density at radius 3 is 1.32 bits per heavy atom. The zero-order valence-corrected chi connectivity index (χ0v) is 41.7. The lowest BCUT2D eigenvalue weighted by molar-refractivity contribution is -0.151. The second-order valence-corrected chi connectivity index (χ2v) is 18.4. The highest BCUT2D eigenvalue weighted by atomic mass is 16.5. The molecule has 6 nitrogen and oxygen atoms in total. The molecule has 3 unspecified atom stereocenters. The van der Waals surface area contributed by atoms with E-state index in [9.17, 15) is 19.8 Å². The smallest absolute Gasteiger partial charge is 0.306 e. The summed E-state index contributed by atoms with van der Waals surface area (Å²) in [7, 11) is 0. The van der Waals surface area contributed by atoms with E-state index in [1.54, 1.807) is 0 Å². The van der Waals surface area contributed by atoms with Crippen LogP contribution in [0.2, 0.25) is 0 Å². The van der Waals surface area contributed by atoms with E-state index >= 15 is 0 Å². The fourth-order valence-electron chi connectivity index (χ4n) is 8.03. The van der Waals surface area contributed by atoms with Gasteiger partial charge in [-0.25, -0.2) is 0 Å². The molecule has 0 spiro atoms. The Labute approximate surface area is 390 Å². The highest BCUT2D eigenvalue weighted by Crippen LogP contribution is 2.17. The first-order chi connectivity index (χ1) is 31.0. The van der Waals surface area contributed by atoms with Crippen molar-refractivity contribution in [1.29, 1.82) is 0 Å². The molecular weight excluding hydrogens is 779 g/mol. The Bertz CT molecular complexity index is 1130. The number of unbranched alkanes of at least 4 members (excludes halogenated alkanes) is 29. The van der Waals surface area contributed by atoms with Crippen LogP contribution in [0, 0.1) is 0 Å². The molecule has 0 saturated carbocycles. The molecule has 0 radical (unpaired) electrons. The third-order valence-electron chi connectivity index (χ3n) is 12.2. The lowest BCUT2D eigenvalue weighted by Crippen LogP contribution is -2.46. The Morgan fingerprint density at radius 1 is 0.460 bits per heavy atom. The topological polar surface area (TPSA) is 95.9 Å². The summed E-state index contributed by atoms with van der Waals surface area (Å²) < 4.78 is 5.93. The molecule has 1 amide bonds. The molecule has 3 atom stereocenters. The largest absolute Gasteiger partial charge is 0.462 e. The van der Waals surface area contributed by atoms with Gasteiger partial charge in [-0.15, -0.1) is 0 Å². The number of nitrogens with one attached hydrogen (secondary N) is 1. The lowest BCUT2D eigenvalue weighted by Gasteiger charge is -2.24. The second kappa shape index (κ2) is 50.6. The minimum absolute atomic E-state index is 0.0502. The van der Waals surface area contributed by atoms with Crippen LogP contribution in [-0.4, -0.2) is 46.9 Å². The highest BCUT2D eigenvalue weighted by molar-refractivity contribution is 5.77. The van der Waals surface area contributed by atoms with Crippen LogP contribution in [-0.2, 0) is 14.3 Å². The molecule has 0 fully saturated rings. The van der Waals surface area contributed by atoms with Crippen LogP contribution in [0.3, 0.4) is 0 Å². The van der Waals surface area contributed by atoms with Gasteiger partial charge in [0.1, 0.15) is 6.10 Å². The maximum atomic E-state index is 13.2. The van der Waals surface area contributed by atoms with Crippen LogP contribution < -0.4 is 5.32 Å². The Morgan fingerprint density at radius 2 is 0.825 bits per heavy atom. The second-order valence-electron chi connectivity index (χ2n) is 18.4. The fourth-order valence-corrected chi connectivity index (χ4v) is 8.03. The van der Waals surface area contributed by atoms with Crippen molar-refractivity contribution in [3.8, 4) is 0 Å². The number of carbonyl (C=O) groups is 2. The number of amides is 1. The lowest BCUT2D eigenvalue weighted by atomic mass is 10.0. The average molecular weight is 882 g/mol. The van der Waals surface area contributed by atoms with Crippen molar-refractivity contribution in [2.45, 2.75) is 283 Å². The van der Waals surface area contributed by atoms with Crippen molar-refractivity contribution < 1.29 is 24.5 Å². The monoisotopic (exact) mass is 882 g/mol. The third-order valence-corrected chi connectivity index (χ3v) is 12.2. The molecule has 63 heavy (non-hydrogen) atoms. The zero-order chi connectivity index (χ0) is 45.9. The molecule has 0 aromatic carbocycles. The summed E-state index contributed by atoms with van der Waals surface area (Å²) in [5.41, 5.74) is 0. The maximum Gasteiger partial charge on any atom is 0.306 e. The molecule has 0 bridgehead atoms. The van der Waals surface area contributed by atoms with Crippen LogP contribution in [0.15, 0.2) is 60.8 Å².